The highest BCUT2D eigenvalue weighted by molar-refractivity contribution is 7.99. The number of para-hydroxylation sites is 1. The third kappa shape index (κ3) is 4.65. The second kappa shape index (κ2) is 8.74. The van der Waals surface area contributed by atoms with E-state index >= 15 is 0 Å². The SMILES string of the molecule is O=C(Nc1ccccc1Sc1ccccc1)c1cc(-c2ccc(Cl)cc2Cl)n[nH]1. The number of nitrogens with zero attached hydrogens (tertiary/aromatic N) is 1. The van der Waals surface area contributed by atoms with Crippen LogP contribution in [-0.2, 0) is 0 Å². The molecule has 4 aromatic rings. The van der Waals surface area contributed by atoms with Crippen LogP contribution in [0.25, 0.3) is 11.3 Å². The highest BCUT2D eigenvalue weighted by Crippen LogP contribution is 2.34. The predicted molar refractivity (Wildman–Crippen MR) is 119 cm³/mol. The van der Waals surface area contributed by atoms with Crippen LogP contribution < -0.4 is 5.32 Å². The molecule has 0 atom stereocenters. The van der Waals surface area contributed by atoms with E-state index in [2.05, 4.69) is 15.5 Å². The number of H-pyrrole nitrogens is 1. The second-order valence-electron chi connectivity index (χ2n) is 6.16. The quantitative estimate of drug-likeness (QED) is 0.359. The normalized spacial score (nSPS) is 10.7. The van der Waals surface area contributed by atoms with E-state index in [0.717, 1.165) is 15.5 Å². The fraction of sp³-hybridized carbons (Fsp3) is 0. The van der Waals surface area contributed by atoms with Crippen LogP contribution in [0.3, 0.4) is 0 Å². The molecule has 4 nitrogen and oxygen atoms in total. The molecule has 0 unspecified atom stereocenters. The largest absolute Gasteiger partial charge is 0.320 e. The Morgan fingerprint density at radius 3 is 2.48 bits per heavy atom. The molecule has 0 fully saturated rings. The van der Waals surface area contributed by atoms with Crippen LogP contribution in [0.2, 0.25) is 10.0 Å². The molecule has 0 saturated heterocycles. The summed E-state index contributed by atoms with van der Waals surface area (Å²) in [6.45, 7) is 0. The van der Waals surface area contributed by atoms with Crippen molar-refractivity contribution >= 4 is 46.6 Å². The zero-order valence-electron chi connectivity index (χ0n) is 15.0. The molecule has 0 bridgehead atoms. The van der Waals surface area contributed by atoms with Gasteiger partial charge in [-0.15, -0.1) is 0 Å². The molecule has 1 aromatic heterocycles. The van der Waals surface area contributed by atoms with Gasteiger partial charge in [-0.25, -0.2) is 0 Å². The first-order valence-corrected chi connectivity index (χ1v) is 10.3. The summed E-state index contributed by atoms with van der Waals surface area (Å²) < 4.78 is 0. The standard InChI is InChI=1S/C22H15Cl2N3OS/c23-14-10-11-16(17(24)12-14)19-13-20(27-26-19)22(28)25-18-8-4-5-9-21(18)29-15-6-2-1-3-7-15/h1-13H,(H,25,28)(H,26,27). The van der Waals surface area contributed by atoms with E-state index in [9.17, 15) is 4.79 Å². The Balaban J connectivity index is 1.54. The molecule has 0 aliphatic heterocycles. The molecule has 0 radical (unpaired) electrons. The fourth-order valence-corrected chi connectivity index (χ4v) is 4.17. The van der Waals surface area contributed by atoms with Gasteiger partial charge < -0.3 is 5.32 Å². The fourth-order valence-electron chi connectivity index (χ4n) is 2.74. The minimum absolute atomic E-state index is 0.282. The molecule has 0 spiro atoms. The molecule has 0 aliphatic carbocycles. The molecule has 0 aliphatic rings. The lowest BCUT2D eigenvalue weighted by Crippen LogP contribution is -2.12. The Hall–Kier alpha value is -2.73. The lowest BCUT2D eigenvalue weighted by atomic mass is 10.1. The Labute approximate surface area is 182 Å². The van der Waals surface area contributed by atoms with E-state index in [0.29, 0.717) is 27.0 Å². The summed E-state index contributed by atoms with van der Waals surface area (Å²) in [5.74, 6) is -0.282. The van der Waals surface area contributed by atoms with Crippen molar-refractivity contribution in [2.24, 2.45) is 0 Å². The molecular weight excluding hydrogens is 425 g/mol. The van der Waals surface area contributed by atoms with Gasteiger partial charge in [0, 0.05) is 20.4 Å². The summed E-state index contributed by atoms with van der Waals surface area (Å²) >= 11 is 13.8. The van der Waals surface area contributed by atoms with Gasteiger partial charge in [0.15, 0.2) is 0 Å². The monoisotopic (exact) mass is 439 g/mol. The molecule has 4 rings (SSSR count). The maximum absolute atomic E-state index is 12.8. The van der Waals surface area contributed by atoms with Gasteiger partial charge in [0.2, 0.25) is 0 Å². The summed E-state index contributed by atoms with van der Waals surface area (Å²) in [5.41, 5.74) is 2.34. The number of rotatable bonds is 5. The van der Waals surface area contributed by atoms with Crippen molar-refractivity contribution < 1.29 is 4.79 Å². The van der Waals surface area contributed by atoms with Gasteiger partial charge in [-0.05, 0) is 48.5 Å². The maximum atomic E-state index is 12.8. The number of hydrogen-bond donors (Lipinski definition) is 2. The smallest absolute Gasteiger partial charge is 0.273 e. The summed E-state index contributed by atoms with van der Waals surface area (Å²) in [6, 6.07) is 24.5. The number of carbonyl (C=O) groups is 1. The number of carbonyl (C=O) groups excluding carboxylic acids is 1. The number of aromatic nitrogens is 2. The van der Waals surface area contributed by atoms with Gasteiger partial charge in [-0.3, -0.25) is 9.89 Å². The summed E-state index contributed by atoms with van der Waals surface area (Å²) in [5, 5.41) is 11.0. The molecule has 1 amide bonds. The van der Waals surface area contributed by atoms with Crippen molar-refractivity contribution in [2.45, 2.75) is 9.79 Å². The van der Waals surface area contributed by atoms with E-state index in [-0.39, 0.29) is 5.91 Å². The number of hydrogen-bond acceptors (Lipinski definition) is 3. The zero-order chi connectivity index (χ0) is 20.2. The average Bonchev–Trinajstić information content (AvgIpc) is 3.20. The Bertz CT molecular complexity index is 1160. The van der Waals surface area contributed by atoms with E-state index in [1.807, 2.05) is 54.6 Å². The number of aromatic amines is 1. The second-order valence-corrected chi connectivity index (χ2v) is 8.12. The van der Waals surface area contributed by atoms with Crippen LogP contribution in [0.1, 0.15) is 10.5 Å². The number of benzene rings is 3. The number of nitrogens with one attached hydrogen (secondary N) is 2. The molecule has 29 heavy (non-hydrogen) atoms. The number of halogens is 2. The van der Waals surface area contributed by atoms with E-state index < -0.39 is 0 Å². The van der Waals surface area contributed by atoms with Crippen LogP contribution in [-0.4, -0.2) is 16.1 Å². The van der Waals surface area contributed by atoms with E-state index in [4.69, 9.17) is 23.2 Å². The zero-order valence-corrected chi connectivity index (χ0v) is 17.4. The molecule has 144 valence electrons. The number of anilines is 1. The Kier molecular flexibility index (Phi) is 5.90. The van der Waals surface area contributed by atoms with Gasteiger partial charge >= 0.3 is 0 Å². The van der Waals surface area contributed by atoms with Crippen molar-refractivity contribution in [1.82, 2.24) is 10.2 Å². The van der Waals surface area contributed by atoms with E-state index in [1.165, 1.54) is 0 Å². The molecule has 1 heterocycles. The highest BCUT2D eigenvalue weighted by Gasteiger charge is 2.15. The molecule has 2 N–H and O–H groups in total. The predicted octanol–water partition coefficient (Wildman–Crippen LogP) is 6.79. The van der Waals surface area contributed by atoms with Crippen molar-refractivity contribution in [3.8, 4) is 11.3 Å². The van der Waals surface area contributed by atoms with Crippen LogP contribution in [0, 0.1) is 0 Å². The third-order valence-corrected chi connectivity index (χ3v) is 5.77. The van der Waals surface area contributed by atoms with Gasteiger partial charge in [0.25, 0.3) is 5.91 Å². The lowest BCUT2D eigenvalue weighted by molar-refractivity contribution is 0.102. The van der Waals surface area contributed by atoms with Crippen LogP contribution in [0.15, 0.2) is 88.7 Å². The van der Waals surface area contributed by atoms with Gasteiger partial charge in [0.1, 0.15) is 5.69 Å². The molecule has 0 saturated carbocycles. The van der Waals surface area contributed by atoms with Crippen molar-refractivity contribution in [2.75, 3.05) is 5.32 Å². The highest BCUT2D eigenvalue weighted by atomic mass is 35.5. The summed E-state index contributed by atoms with van der Waals surface area (Å²) in [4.78, 5) is 14.8. The first-order chi connectivity index (χ1) is 14.1. The van der Waals surface area contributed by atoms with Crippen LogP contribution in [0.4, 0.5) is 5.69 Å². The van der Waals surface area contributed by atoms with Crippen molar-refractivity contribution in [3.63, 3.8) is 0 Å². The Morgan fingerprint density at radius 1 is 0.931 bits per heavy atom. The van der Waals surface area contributed by atoms with Gasteiger partial charge in [-0.2, -0.15) is 5.10 Å². The topological polar surface area (TPSA) is 57.8 Å². The Morgan fingerprint density at radius 2 is 1.69 bits per heavy atom. The minimum Gasteiger partial charge on any atom is -0.320 e. The van der Waals surface area contributed by atoms with Gasteiger partial charge in [0.05, 0.1) is 16.4 Å². The maximum Gasteiger partial charge on any atom is 0.273 e. The van der Waals surface area contributed by atoms with E-state index in [1.54, 1.807) is 36.0 Å². The lowest BCUT2D eigenvalue weighted by Gasteiger charge is -2.10. The van der Waals surface area contributed by atoms with Crippen molar-refractivity contribution in [3.05, 3.63) is 94.6 Å². The van der Waals surface area contributed by atoms with Crippen molar-refractivity contribution in [1.29, 1.82) is 0 Å². The first-order valence-electron chi connectivity index (χ1n) is 8.74. The average molecular weight is 440 g/mol. The summed E-state index contributed by atoms with van der Waals surface area (Å²) in [6.07, 6.45) is 0. The third-order valence-electron chi connectivity index (χ3n) is 4.14. The minimum atomic E-state index is -0.282. The first kappa shape index (κ1) is 19.6. The molecule has 7 heteroatoms. The molecule has 3 aromatic carbocycles. The van der Waals surface area contributed by atoms with Gasteiger partial charge in [-0.1, -0.05) is 65.3 Å². The summed E-state index contributed by atoms with van der Waals surface area (Å²) in [7, 11) is 0. The number of amides is 1. The van der Waals surface area contributed by atoms with Crippen LogP contribution in [0.5, 0.6) is 0 Å². The van der Waals surface area contributed by atoms with Crippen LogP contribution >= 0.6 is 35.0 Å². The molecular formula is C22H15Cl2N3OS.